The number of anilines is 1. The van der Waals surface area contributed by atoms with Crippen LogP contribution in [0.4, 0.5) is 5.95 Å². The first-order valence-electron chi connectivity index (χ1n) is 6.16. The van der Waals surface area contributed by atoms with E-state index in [9.17, 15) is 0 Å². The van der Waals surface area contributed by atoms with Gasteiger partial charge in [-0.05, 0) is 44.8 Å². The number of aromatic nitrogens is 3. The first-order chi connectivity index (χ1) is 7.74. The number of hydrogen-bond acceptors (Lipinski definition) is 3. The SMILES string of the molecule is CCCn1c(N2CCCCC2C)n[nH]c1=S. The standard InChI is InChI=1S/C11H20N4S/c1-3-7-15-10(12-13-11(15)16)14-8-5-4-6-9(14)2/h9H,3-8H2,1-2H3,(H,13,16). The maximum Gasteiger partial charge on any atom is 0.225 e. The summed E-state index contributed by atoms with van der Waals surface area (Å²) in [5, 5.41) is 7.29. The Hall–Kier alpha value is -0.840. The van der Waals surface area contributed by atoms with Crippen LogP contribution < -0.4 is 4.90 Å². The van der Waals surface area contributed by atoms with Gasteiger partial charge in [-0.2, -0.15) is 0 Å². The molecule has 1 N–H and O–H groups in total. The predicted octanol–water partition coefficient (Wildman–Crippen LogP) is 2.73. The van der Waals surface area contributed by atoms with Crippen LogP contribution in [0, 0.1) is 4.77 Å². The third-order valence-corrected chi connectivity index (χ3v) is 3.56. The summed E-state index contributed by atoms with van der Waals surface area (Å²) in [6.07, 6.45) is 4.93. The average Bonchev–Trinajstić information content (AvgIpc) is 2.62. The Morgan fingerprint density at radius 1 is 1.50 bits per heavy atom. The van der Waals surface area contributed by atoms with E-state index in [-0.39, 0.29) is 0 Å². The van der Waals surface area contributed by atoms with Gasteiger partial charge in [0.25, 0.3) is 0 Å². The maximum absolute atomic E-state index is 5.26. The summed E-state index contributed by atoms with van der Waals surface area (Å²) in [6, 6.07) is 0.578. The Morgan fingerprint density at radius 2 is 2.31 bits per heavy atom. The van der Waals surface area contributed by atoms with Gasteiger partial charge < -0.3 is 4.90 Å². The van der Waals surface area contributed by atoms with Gasteiger partial charge in [-0.15, -0.1) is 5.10 Å². The molecule has 0 spiro atoms. The van der Waals surface area contributed by atoms with E-state index >= 15 is 0 Å². The largest absolute Gasteiger partial charge is 0.338 e. The van der Waals surface area contributed by atoms with Crippen molar-refractivity contribution in [3.63, 3.8) is 0 Å². The van der Waals surface area contributed by atoms with Gasteiger partial charge in [0.2, 0.25) is 5.95 Å². The van der Waals surface area contributed by atoms with Crippen molar-refractivity contribution in [1.82, 2.24) is 14.8 Å². The molecule has 4 nitrogen and oxygen atoms in total. The molecular formula is C11H20N4S. The summed E-state index contributed by atoms with van der Waals surface area (Å²) in [5.41, 5.74) is 0. The van der Waals surface area contributed by atoms with Crippen molar-refractivity contribution in [1.29, 1.82) is 0 Å². The lowest BCUT2D eigenvalue weighted by Crippen LogP contribution is -2.39. The Labute approximate surface area is 102 Å². The van der Waals surface area contributed by atoms with Gasteiger partial charge in [-0.25, -0.2) is 5.10 Å². The van der Waals surface area contributed by atoms with E-state index in [2.05, 4.69) is 33.5 Å². The molecule has 1 aromatic heterocycles. The van der Waals surface area contributed by atoms with E-state index in [1.165, 1.54) is 19.3 Å². The van der Waals surface area contributed by atoms with Gasteiger partial charge in [-0.1, -0.05) is 6.92 Å². The lowest BCUT2D eigenvalue weighted by atomic mass is 10.0. The van der Waals surface area contributed by atoms with Crippen LogP contribution in [0.2, 0.25) is 0 Å². The smallest absolute Gasteiger partial charge is 0.225 e. The van der Waals surface area contributed by atoms with E-state index in [4.69, 9.17) is 12.2 Å². The minimum Gasteiger partial charge on any atom is -0.338 e. The van der Waals surface area contributed by atoms with Gasteiger partial charge >= 0.3 is 0 Å². The Kier molecular flexibility index (Phi) is 3.63. The molecule has 90 valence electrons. The molecular weight excluding hydrogens is 220 g/mol. The first-order valence-corrected chi connectivity index (χ1v) is 6.56. The first kappa shape index (κ1) is 11.6. The summed E-state index contributed by atoms with van der Waals surface area (Å²) < 4.78 is 2.87. The lowest BCUT2D eigenvalue weighted by Gasteiger charge is -2.34. The van der Waals surface area contributed by atoms with E-state index in [0.717, 1.165) is 30.2 Å². The van der Waals surface area contributed by atoms with Gasteiger partial charge in [0, 0.05) is 19.1 Å². The third kappa shape index (κ3) is 2.14. The van der Waals surface area contributed by atoms with Crippen molar-refractivity contribution < 1.29 is 0 Å². The molecule has 5 heteroatoms. The van der Waals surface area contributed by atoms with Crippen molar-refractivity contribution in [3.05, 3.63) is 4.77 Å². The Balaban J connectivity index is 2.27. The normalized spacial score (nSPS) is 21.4. The van der Waals surface area contributed by atoms with Crippen LogP contribution in [0.25, 0.3) is 0 Å². The second-order valence-corrected chi connectivity index (χ2v) is 4.91. The van der Waals surface area contributed by atoms with Crippen LogP contribution in [0.1, 0.15) is 39.5 Å². The van der Waals surface area contributed by atoms with Gasteiger partial charge in [0.1, 0.15) is 0 Å². The van der Waals surface area contributed by atoms with Crippen LogP contribution in [0.3, 0.4) is 0 Å². The van der Waals surface area contributed by atoms with Crippen LogP contribution in [0.15, 0.2) is 0 Å². The summed E-state index contributed by atoms with van der Waals surface area (Å²) in [6.45, 7) is 6.49. The molecule has 0 saturated carbocycles. The quantitative estimate of drug-likeness (QED) is 0.825. The molecule has 16 heavy (non-hydrogen) atoms. The monoisotopic (exact) mass is 240 g/mol. The second-order valence-electron chi connectivity index (χ2n) is 4.52. The van der Waals surface area contributed by atoms with Crippen molar-refractivity contribution in [2.24, 2.45) is 0 Å². The van der Waals surface area contributed by atoms with E-state index in [1.54, 1.807) is 0 Å². The summed E-state index contributed by atoms with van der Waals surface area (Å²) in [5.74, 6) is 1.03. The molecule has 0 radical (unpaired) electrons. The molecule has 1 saturated heterocycles. The number of hydrogen-bond donors (Lipinski definition) is 1. The highest BCUT2D eigenvalue weighted by molar-refractivity contribution is 7.71. The maximum atomic E-state index is 5.26. The van der Waals surface area contributed by atoms with Crippen LogP contribution in [-0.2, 0) is 6.54 Å². The van der Waals surface area contributed by atoms with Gasteiger partial charge in [-0.3, -0.25) is 4.57 Å². The van der Waals surface area contributed by atoms with Crippen molar-refractivity contribution in [2.75, 3.05) is 11.4 Å². The average molecular weight is 240 g/mol. The molecule has 1 aliphatic rings. The molecule has 1 atom stereocenters. The van der Waals surface area contributed by atoms with Gasteiger partial charge in [0.05, 0.1) is 0 Å². The van der Waals surface area contributed by atoms with Gasteiger partial charge in [0.15, 0.2) is 4.77 Å². The van der Waals surface area contributed by atoms with Crippen LogP contribution in [-0.4, -0.2) is 27.4 Å². The molecule has 2 heterocycles. The molecule has 2 rings (SSSR count). The molecule has 1 fully saturated rings. The summed E-state index contributed by atoms with van der Waals surface area (Å²) >= 11 is 5.26. The highest BCUT2D eigenvalue weighted by Crippen LogP contribution is 2.23. The predicted molar refractivity (Wildman–Crippen MR) is 68.4 cm³/mol. The highest BCUT2D eigenvalue weighted by atomic mass is 32.1. The van der Waals surface area contributed by atoms with Crippen molar-refractivity contribution in [2.45, 2.75) is 52.1 Å². The fraction of sp³-hybridized carbons (Fsp3) is 0.818. The number of nitrogens with one attached hydrogen (secondary N) is 1. The number of H-pyrrole nitrogens is 1. The molecule has 0 aliphatic carbocycles. The summed E-state index contributed by atoms with van der Waals surface area (Å²) in [7, 11) is 0. The molecule has 1 unspecified atom stereocenters. The topological polar surface area (TPSA) is 36.9 Å². The third-order valence-electron chi connectivity index (χ3n) is 3.25. The highest BCUT2D eigenvalue weighted by Gasteiger charge is 2.22. The molecule has 0 aromatic carbocycles. The number of piperidine rings is 1. The lowest BCUT2D eigenvalue weighted by molar-refractivity contribution is 0.467. The minimum absolute atomic E-state index is 0.578. The van der Waals surface area contributed by atoms with Crippen LogP contribution in [0.5, 0.6) is 0 Å². The fourth-order valence-electron chi connectivity index (χ4n) is 2.35. The Bertz CT molecular complexity index is 395. The zero-order valence-electron chi connectivity index (χ0n) is 10.1. The molecule has 1 aliphatic heterocycles. The fourth-order valence-corrected chi connectivity index (χ4v) is 2.57. The second kappa shape index (κ2) is 4.99. The van der Waals surface area contributed by atoms with Crippen molar-refractivity contribution in [3.8, 4) is 0 Å². The Morgan fingerprint density at radius 3 is 3.00 bits per heavy atom. The number of rotatable bonds is 3. The van der Waals surface area contributed by atoms with E-state index < -0.39 is 0 Å². The zero-order chi connectivity index (χ0) is 11.5. The summed E-state index contributed by atoms with van der Waals surface area (Å²) in [4.78, 5) is 2.38. The van der Waals surface area contributed by atoms with Crippen molar-refractivity contribution >= 4 is 18.2 Å². The number of nitrogens with zero attached hydrogens (tertiary/aromatic N) is 3. The minimum atomic E-state index is 0.578. The van der Waals surface area contributed by atoms with E-state index in [0.29, 0.717) is 6.04 Å². The molecule has 1 aromatic rings. The molecule has 0 bridgehead atoms. The number of aromatic amines is 1. The molecule has 0 amide bonds. The van der Waals surface area contributed by atoms with Crippen LogP contribution >= 0.6 is 12.2 Å². The zero-order valence-corrected chi connectivity index (χ0v) is 10.9. The van der Waals surface area contributed by atoms with E-state index in [1.807, 2.05) is 0 Å².